The van der Waals surface area contributed by atoms with Gasteiger partial charge in [-0.05, 0) is 12.5 Å². The summed E-state index contributed by atoms with van der Waals surface area (Å²) in [5.74, 6) is 0. The van der Waals surface area contributed by atoms with E-state index in [-0.39, 0.29) is 6.04 Å². The van der Waals surface area contributed by atoms with Gasteiger partial charge in [-0.15, -0.1) is 0 Å². The van der Waals surface area contributed by atoms with Gasteiger partial charge in [-0.25, -0.2) is 0 Å². The number of nitrogens with one attached hydrogen (secondary N) is 1. The van der Waals surface area contributed by atoms with Crippen LogP contribution < -0.4 is 5.32 Å². The minimum atomic E-state index is 0.237. The van der Waals surface area contributed by atoms with Gasteiger partial charge >= 0.3 is 0 Å². The van der Waals surface area contributed by atoms with Gasteiger partial charge in [-0.1, -0.05) is 36.8 Å². The third-order valence-electron chi connectivity index (χ3n) is 1.60. The van der Waals surface area contributed by atoms with Crippen molar-refractivity contribution in [2.75, 3.05) is 0 Å². The molecule has 11 heavy (non-hydrogen) atoms. The van der Waals surface area contributed by atoms with Crippen molar-refractivity contribution in [1.82, 2.24) is 5.32 Å². The maximum Gasteiger partial charge on any atom is 0.0561 e. The van der Waals surface area contributed by atoms with Crippen molar-refractivity contribution >= 4 is 0 Å². The topological polar surface area (TPSA) is 12.0 Å². The normalized spacial score (nSPS) is 11.6. The third kappa shape index (κ3) is 2.01. The van der Waals surface area contributed by atoms with Gasteiger partial charge in [0, 0.05) is 6.04 Å². The highest BCUT2D eigenvalue weighted by molar-refractivity contribution is 5.18. The Morgan fingerprint density at radius 3 is 2.55 bits per heavy atom. The zero-order valence-corrected chi connectivity index (χ0v) is 6.54. The summed E-state index contributed by atoms with van der Waals surface area (Å²) in [7, 11) is 0. The molecule has 56 valence electrons. The fourth-order valence-electron chi connectivity index (χ4n) is 0.950. The van der Waals surface area contributed by atoms with Crippen LogP contribution in [0.25, 0.3) is 0 Å². The molecule has 0 saturated heterocycles. The second-order valence-electron chi connectivity index (χ2n) is 2.42. The lowest BCUT2D eigenvalue weighted by molar-refractivity contribution is 0.705. The predicted octanol–water partition coefficient (Wildman–Crippen LogP) is 1.93. The first kappa shape index (κ1) is 7.68. The molecule has 0 heterocycles. The van der Waals surface area contributed by atoms with E-state index in [1.165, 1.54) is 5.56 Å². The number of terminal acetylenes is 1. The third-order valence-corrected chi connectivity index (χ3v) is 1.60. The first-order valence-corrected chi connectivity index (χ1v) is 3.60. The highest BCUT2D eigenvalue weighted by atomic mass is 14.9. The number of hydrogen-bond donors (Lipinski definition) is 1. The summed E-state index contributed by atoms with van der Waals surface area (Å²) in [4.78, 5) is 0. The average Bonchev–Trinajstić information content (AvgIpc) is 2.07. The van der Waals surface area contributed by atoms with Crippen LogP contribution in [0.3, 0.4) is 0 Å². The summed E-state index contributed by atoms with van der Waals surface area (Å²) >= 11 is 0. The summed E-state index contributed by atoms with van der Waals surface area (Å²) in [6.07, 6.45) is 5.11. The molecule has 0 aliphatic rings. The highest BCUT2D eigenvalue weighted by Gasteiger charge is 1.99. The van der Waals surface area contributed by atoms with Crippen LogP contribution >= 0.6 is 0 Å². The SMILES string of the molecule is C#CNC(C)c1ccccc1. The molecule has 0 aliphatic heterocycles. The van der Waals surface area contributed by atoms with E-state index >= 15 is 0 Å². The summed E-state index contributed by atoms with van der Waals surface area (Å²) < 4.78 is 0. The van der Waals surface area contributed by atoms with Crippen molar-refractivity contribution in [3.63, 3.8) is 0 Å². The minimum absolute atomic E-state index is 0.237. The summed E-state index contributed by atoms with van der Waals surface area (Å²) in [5, 5.41) is 2.89. The van der Waals surface area contributed by atoms with Crippen molar-refractivity contribution in [2.45, 2.75) is 13.0 Å². The molecule has 0 fully saturated rings. The zero-order chi connectivity index (χ0) is 8.10. The molecule has 1 rings (SSSR count). The van der Waals surface area contributed by atoms with Gasteiger partial charge in [-0.3, -0.25) is 0 Å². The Morgan fingerprint density at radius 1 is 1.36 bits per heavy atom. The molecular formula is C10H11N. The molecule has 0 aliphatic carbocycles. The molecule has 1 heteroatoms. The first-order valence-electron chi connectivity index (χ1n) is 3.60. The van der Waals surface area contributed by atoms with E-state index in [2.05, 4.69) is 23.5 Å². The molecule has 0 saturated carbocycles. The summed E-state index contributed by atoms with van der Waals surface area (Å²) in [6.45, 7) is 2.04. The van der Waals surface area contributed by atoms with E-state index in [4.69, 9.17) is 6.42 Å². The summed E-state index contributed by atoms with van der Waals surface area (Å²) in [6, 6.07) is 12.8. The quantitative estimate of drug-likeness (QED) is 0.495. The fourth-order valence-corrected chi connectivity index (χ4v) is 0.950. The Morgan fingerprint density at radius 2 is 2.00 bits per heavy atom. The molecule has 0 radical (unpaired) electrons. The fraction of sp³-hybridized carbons (Fsp3) is 0.200. The van der Waals surface area contributed by atoms with Crippen LogP contribution in [0.4, 0.5) is 0 Å². The molecule has 0 spiro atoms. The van der Waals surface area contributed by atoms with Gasteiger partial charge in [0.15, 0.2) is 0 Å². The van der Waals surface area contributed by atoms with Crippen molar-refractivity contribution in [2.24, 2.45) is 0 Å². The predicted molar refractivity (Wildman–Crippen MR) is 46.8 cm³/mol. The molecule has 0 bridgehead atoms. The van der Waals surface area contributed by atoms with E-state index in [0.29, 0.717) is 0 Å². The second kappa shape index (κ2) is 3.68. The Bertz CT molecular complexity index is 245. The van der Waals surface area contributed by atoms with Crippen molar-refractivity contribution < 1.29 is 0 Å². The molecule has 1 aromatic rings. The highest BCUT2D eigenvalue weighted by Crippen LogP contribution is 2.09. The molecule has 1 atom stereocenters. The van der Waals surface area contributed by atoms with Crippen LogP contribution in [0.5, 0.6) is 0 Å². The van der Waals surface area contributed by atoms with E-state index in [1.807, 2.05) is 25.1 Å². The lowest BCUT2D eigenvalue weighted by Gasteiger charge is -2.08. The van der Waals surface area contributed by atoms with Crippen molar-refractivity contribution in [3.8, 4) is 12.5 Å². The van der Waals surface area contributed by atoms with Crippen molar-refractivity contribution in [1.29, 1.82) is 0 Å². The lowest BCUT2D eigenvalue weighted by Crippen LogP contribution is -2.11. The molecular weight excluding hydrogens is 134 g/mol. The smallest absolute Gasteiger partial charge is 0.0561 e. The van der Waals surface area contributed by atoms with E-state index < -0.39 is 0 Å². The van der Waals surface area contributed by atoms with Crippen LogP contribution in [0, 0.1) is 12.5 Å². The van der Waals surface area contributed by atoms with E-state index in [9.17, 15) is 0 Å². The molecule has 1 nitrogen and oxygen atoms in total. The Labute approximate surface area is 67.4 Å². The summed E-state index contributed by atoms with van der Waals surface area (Å²) in [5.41, 5.74) is 1.21. The van der Waals surface area contributed by atoms with Gasteiger partial charge in [0.05, 0.1) is 6.04 Å². The van der Waals surface area contributed by atoms with Gasteiger partial charge < -0.3 is 5.32 Å². The number of hydrogen-bond acceptors (Lipinski definition) is 1. The van der Waals surface area contributed by atoms with Crippen LogP contribution in [0.2, 0.25) is 0 Å². The maximum absolute atomic E-state index is 5.11. The van der Waals surface area contributed by atoms with Crippen molar-refractivity contribution in [3.05, 3.63) is 35.9 Å². The van der Waals surface area contributed by atoms with Gasteiger partial charge in [0.1, 0.15) is 0 Å². The van der Waals surface area contributed by atoms with Crippen LogP contribution in [0.1, 0.15) is 18.5 Å². The van der Waals surface area contributed by atoms with E-state index in [0.717, 1.165) is 0 Å². The Hall–Kier alpha value is -1.42. The maximum atomic E-state index is 5.11. The van der Waals surface area contributed by atoms with Crippen LogP contribution in [-0.2, 0) is 0 Å². The molecule has 0 amide bonds. The lowest BCUT2D eigenvalue weighted by atomic mass is 10.1. The van der Waals surface area contributed by atoms with Crippen LogP contribution in [0.15, 0.2) is 30.3 Å². The largest absolute Gasteiger partial charge is 0.339 e. The second-order valence-corrected chi connectivity index (χ2v) is 2.42. The number of benzene rings is 1. The van der Waals surface area contributed by atoms with Gasteiger partial charge in [-0.2, -0.15) is 0 Å². The Balaban J connectivity index is 2.70. The Kier molecular flexibility index (Phi) is 2.57. The molecule has 0 aromatic heterocycles. The minimum Gasteiger partial charge on any atom is -0.339 e. The van der Waals surface area contributed by atoms with E-state index in [1.54, 1.807) is 0 Å². The average molecular weight is 145 g/mol. The zero-order valence-electron chi connectivity index (χ0n) is 6.54. The van der Waals surface area contributed by atoms with Gasteiger partial charge in [0.2, 0.25) is 0 Å². The molecule has 1 aromatic carbocycles. The monoisotopic (exact) mass is 145 g/mol. The molecule has 1 unspecified atom stereocenters. The standard InChI is InChI=1S/C10H11N/c1-3-11-9(2)10-7-5-4-6-8-10/h1,4-9,11H,2H3. The first-order chi connectivity index (χ1) is 5.34. The van der Waals surface area contributed by atoms with Gasteiger partial charge in [0.25, 0.3) is 0 Å². The van der Waals surface area contributed by atoms with Crippen LogP contribution in [-0.4, -0.2) is 0 Å². The molecule has 1 N–H and O–H groups in total. The number of rotatable bonds is 2.